The van der Waals surface area contributed by atoms with Crippen molar-refractivity contribution in [1.82, 2.24) is 4.90 Å². The van der Waals surface area contributed by atoms with Gasteiger partial charge in [0, 0.05) is 25.4 Å². The van der Waals surface area contributed by atoms with E-state index in [2.05, 4.69) is 4.74 Å². The number of carbonyl (C=O) groups is 1. The number of ether oxygens (including phenoxy) is 1. The van der Waals surface area contributed by atoms with Gasteiger partial charge in [-0.2, -0.15) is 0 Å². The zero-order chi connectivity index (χ0) is 10.6. The smallest absolute Gasteiger partial charge is 0.331 e. The molecule has 14 heavy (non-hydrogen) atoms. The number of hydrogen-bond acceptors (Lipinski definition) is 4. The highest BCUT2D eigenvalue weighted by Crippen LogP contribution is 2.16. The number of rotatable bonds is 2. The number of esters is 1. The lowest BCUT2D eigenvalue weighted by Gasteiger charge is -2.33. The molecule has 0 aromatic carbocycles. The van der Waals surface area contributed by atoms with Crippen LogP contribution in [0.25, 0.3) is 0 Å². The molecule has 2 unspecified atom stereocenters. The monoisotopic (exact) mass is 199 g/mol. The Morgan fingerprint density at radius 2 is 2.36 bits per heavy atom. The molecule has 0 radical (unpaired) electrons. The van der Waals surface area contributed by atoms with Gasteiger partial charge >= 0.3 is 5.97 Å². The van der Waals surface area contributed by atoms with Gasteiger partial charge in [-0.3, -0.25) is 0 Å². The first kappa shape index (κ1) is 11.0. The molecule has 4 heteroatoms. The van der Waals surface area contributed by atoms with Crippen molar-refractivity contribution in [2.24, 2.45) is 5.92 Å². The quantitative estimate of drug-likeness (QED) is 0.516. The van der Waals surface area contributed by atoms with Crippen LogP contribution in [0.5, 0.6) is 0 Å². The zero-order valence-electron chi connectivity index (χ0n) is 8.64. The van der Waals surface area contributed by atoms with E-state index in [9.17, 15) is 9.90 Å². The van der Waals surface area contributed by atoms with Crippen molar-refractivity contribution < 1.29 is 14.6 Å². The SMILES string of the molecule is COC(=O)/C=C/N1CCC(C)C(O)C1. The summed E-state index contributed by atoms with van der Waals surface area (Å²) in [7, 11) is 1.35. The second-order valence-electron chi connectivity index (χ2n) is 3.67. The second kappa shape index (κ2) is 5.00. The van der Waals surface area contributed by atoms with Crippen LogP contribution in [0.4, 0.5) is 0 Å². The van der Waals surface area contributed by atoms with E-state index in [0.717, 1.165) is 13.0 Å². The summed E-state index contributed by atoms with van der Waals surface area (Å²) < 4.78 is 4.47. The summed E-state index contributed by atoms with van der Waals surface area (Å²) in [5.74, 6) is -0.0177. The van der Waals surface area contributed by atoms with Crippen LogP contribution in [0.1, 0.15) is 13.3 Å². The first-order valence-electron chi connectivity index (χ1n) is 4.81. The average Bonchev–Trinajstić information content (AvgIpc) is 2.19. The first-order chi connectivity index (χ1) is 6.63. The normalized spacial score (nSPS) is 28.1. The van der Waals surface area contributed by atoms with Crippen LogP contribution in [0.2, 0.25) is 0 Å². The molecular formula is C10H17NO3. The molecule has 1 fully saturated rings. The molecule has 1 aliphatic heterocycles. The molecule has 80 valence electrons. The fraction of sp³-hybridized carbons (Fsp3) is 0.700. The standard InChI is InChI=1S/C10H17NO3/c1-8-3-5-11(7-9(8)12)6-4-10(13)14-2/h4,6,8-9,12H,3,5,7H2,1-2H3/b6-4+. The van der Waals surface area contributed by atoms with Crippen LogP contribution >= 0.6 is 0 Å². The van der Waals surface area contributed by atoms with Gasteiger partial charge in [-0.05, 0) is 12.3 Å². The molecule has 4 nitrogen and oxygen atoms in total. The molecule has 2 atom stereocenters. The molecule has 0 aromatic rings. The molecule has 1 N–H and O–H groups in total. The number of carbonyl (C=O) groups excluding carboxylic acids is 1. The number of methoxy groups -OCH3 is 1. The predicted octanol–water partition coefficient (Wildman–Crippen LogP) is 0.376. The molecular weight excluding hydrogens is 182 g/mol. The average molecular weight is 199 g/mol. The van der Waals surface area contributed by atoms with Crippen molar-refractivity contribution >= 4 is 5.97 Å². The minimum atomic E-state index is -0.363. The Morgan fingerprint density at radius 3 is 2.93 bits per heavy atom. The van der Waals surface area contributed by atoms with Crippen LogP contribution in [0, 0.1) is 5.92 Å². The third-order valence-corrected chi connectivity index (χ3v) is 2.57. The lowest BCUT2D eigenvalue weighted by atomic mass is 9.96. The summed E-state index contributed by atoms with van der Waals surface area (Å²) in [6.07, 6.45) is 3.71. The largest absolute Gasteiger partial charge is 0.466 e. The third kappa shape index (κ3) is 3.03. The van der Waals surface area contributed by atoms with Crippen LogP contribution in [0.3, 0.4) is 0 Å². The van der Waals surface area contributed by atoms with Crippen molar-refractivity contribution in [2.45, 2.75) is 19.4 Å². The third-order valence-electron chi connectivity index (χ3n) is 2.57. The minimum Gasteiger partial charge on any atom is -0.466 e. The Balaban J connectivity index is 2.40. The summed E-state index contributed by atoms with van der Waals surface area (Å²) in [5.41, 5.74) is 0. The molecule has 0 saturated carbocycles. The van der Waals surface area contributed by atoms with E-state index >= 15 is 0 Å². The summed E-state index contributed by atoms with van der Waals surface area (Å²) in [5, 5.41) is 9.58. The fourth-order valence-electron chi connectivity index (χ4n) is 1.44. The Kier molecular flexibility index (Phi) is 3.95. The molecule has 1 rings (SSSR count). The molecule has 0 bridgehead atoms. The molecule has 0 aliphatic carbocycles. The summed E-state index contributed by atoms with van der Waals surface area (Å²) in [4.78, 5) is 12.7. The first-order valence-corrected chi connectivity index (χ1v) is 4.81. The Morgan fingerprint density at radius 1 is 1.64 bits per heavy atom. The van der Waals surface area contributed by atoms with Crippen LogP contribution in [-0.4, -0.2) is 42.3 Å². The van der Waals surface area contributed by atoms with E-state index in [1.807, 2.05) is 11.8 Å². The number of aliphatic hydroxyl groups excluding tert-OH is 1. The van der Waals surface area contributed by atoms with Crippen molar-refractivity contribution in [3.63, 3.8) is 0 Å². The maximum Gasteiger partial charge on any atom is 0.331 e. The van der Waals surface area contributed by atoms with Gasteiger partial charge in [0.15, 0.2) is 0 Å². The molecule has 1 aliphatic rings. The van der Waals surface area contributed by atoms with E-state index in [1.54, 1.807) is 6.20 Å². The summed E-state index contributed by atoms with van der Waals surface area (Å²) in [6, 6.07) is 0. The predicted molar refractivity (Wildman–Crippen MR) is 52.5 cm³/mol. The number of likely N-dealkylation sites (tertiary alicyclic amines) is 1. The van der Waals surface area contributed by atoms with Crippen LogP contribution in [0.15, 0.2) is 12.3 Å². The molecule has 0 spiro atoms. The van der Waals surface area contributed by atoms with Crippen molar-refractivity contribution in [2.75, 3.05) is 20.2 Å². The van der Waals surface area contributed by atoms with Gasteiger partial charge in [0.2, 0.25) is 0 Å². The zero-order valence-corrected chi connectivity index (χ0v) is 8.64. The van der Waals surface area contributed by atoms with Gasteiger partial charge < -0.3 is 14.7 Å². The number of hydrogen-bond donors (Lipinski definition) is 1. The molecule has 0 aromatic heterocycles. The highest BCUT2D eigenvalue weighted by Gasteiger charge is 2.22. The van der Waals surface area contributed by atoms with Gasteiger partial charge in [-0.15, -0.1) is 0 Å². The highest BCUT2D eigenvalue weighted by atomic mass is 16.5. The van der Waals surface area contributed by atoms with Crippen molar-refractivity contribution in [3.8, 4) is 0 Å². The van der Waals surface area contributed by atoms with Gasteiger partial charge in [-0.25, -0.2) is 4.79 Å². The molecule has 0 amide bonds. The van der Waals surface area contributed by atoms with Gasteiger partial charge in [0.1, 0.15) is 0 Å². The summed E-state index contributed by atoms with van der Waals surface area (Å²) >= 11 is 0. The maximum absolute atomic E-state index is 10.8. The van der Waals surface area contributed by atoms with E-state index in [1.165, 1.54) is 13.2 Å². The van der Waals surface area contributed by atoms with E-state index in [4.69, 9.17) is 0 Å². The summed E-state index contributed by atoms with van der Waals surface area (Å²) in [6.45, 7) is 3.51. The van der Waals surface area contributed by atoms with E-state index in [-0.39, 0.29) is 12.1 Å². The van der Waals surface area contributed by atoms with Gasteiger partial charge in [0.05, 0.1) is 13.2 Å². The van der Waals surface area contributed by atoms with E-state index in [0.29, 0.717) is 12.5 Å². The number of aliphatic hydroxyl groups is 1. The lowest BCUT2D eigenvalue weighted by molar-refractivity contribution is -0.134. The molecule has 1 heterocycles. The van der Waals surface area contributed by atoms with Gasteiger partial charge in [-0.1, -0.05) is 6.92 Å². The van der Waals surface area contributed by atoms with E-state index < -0.39 is 0 Å². The number of nitrogens with zero attached hydrogens (tertiary/aromatic N) is 1. The topological polar surface area (TPSA) is 49.8 Å². The highest BCUT2D eigenvalue weighted by molar-refractivity contribution is 5.81. The van der Waals surface area contributed by atoms with Gasteiger partial charge in [0.25, 0.3) is 0 Å². The second-order valence-corrected chi connectivity index (χ2v) is 3.67. The Bertz CT molecular complexity index is 227. The minimum absolute atomic E-state index is 0.300. The fourth-order valence-corrected chi connectivity index (χ4v) is 1.44. The van der Waals surface area contributed by atoms with Crippen LogP contribution in [-0.2, 0) is 9.53 Å². The Labute approximate surface area is 84.2 Å². The lowest BCUT2D eigenvalue weighted by Crippen LogP contribution is -2.40. The van der Waals surface area contributed by atoms with Crippen molar-refractivity contribution in [1.29, 1.82) is 0 Å². The van der Waals surface area contributed by atoms with Crippen molar-refractivity contribution in [3.05, 3.63) is 12.3 Å². The Hall–Kier alpha value is -1.03. The molecule has 1 saturated heterocycles. The number of β-amino-alcohol motifs (C(OH)–C–C–N with tert-alkyl or cyclic N) is 1. The number of piperidine rings is 1. The maximum atomic E-state index is 10.8. The van der Waals surface area contributed by atoms with Crippen LogP contribution < -0.4 is 0 Å².